The third-order valence-corrected chi connectivity index (χ3v) is 3.89. The third kappa shape index (κ3) is 2.56. The van der Waals surface area contributed by atoms with E-state index in [9.17, 15) is 14.7 Å². The smallest absolute Gasteiger partial charge is 0.356 e. The first kappa shape index (κ1) is 14.2. The molecular weight excluding hydrogens is 262 g/mol. The van der Waals surface area contributed by atoms with Crippen molar-refractivity contribution in [3.05, 3.63) is 18.1 Å². The van der Waals surface area contributed by atoms with Crippen molar-refractivity contribution in [2.24, 2.45) is 5.41 Å². The van der Waals surface area contributed by atoms with Gasteiger partial charge in [0.15, 0.2) is 5.69 Å². The van der Waals surface area contributed by atoms with Gasteiger partial charge < -0.3 is 15.1 Å². The van der Waals surface area contributed by atoms with Gasteiger partial charge >= 0.3 is 11.9 Å². The van der Waals surface area contributed by atoms with Gasteiger partial charge in [0.1, 0.15) is 5.82 Å². The highest BCUT2D eigenvalue weighted by molar-refractivity contribution is 5.85. The number of piperidine rings is 1. The van der Waals surface area contributed by atoms with E-state index in [4.69, 9.17) is 5.11 Å². The quantitative estimate of drug-likeness (QED) is 0.854. The minimum absolute atomic E-state index is 0.120. The molecule has 0 aliphatic carbocycles. The molecule has 108 valence electrons. The van der Waals surface area contributed by atoms with E-state index in [1.54, 1.807) is 0 Å². The molecule has 7 heteroatoms. The number of nitrogens with zero attached hydrogens (tertiary/aromatic N) is 3. The number of hydrogen-bond donors (Lipinski definition) is 2. The summed E-state index contributed by atoms with van der Waals surface area (Å²) in [5.41, 5.74) is -0.878. The number of aromatic carboxylic acids is 1. The zero-order valence-electron chi connectivity index (χ0n) is 11.2. The van der Waals surface area contributed by atoms with E-state index in [2.05, 4.69) is 9.97 Å². The largest absolute Gasteiger partial charge is 0.481 e. The van der Waals surface area contributed by atoms with Gasteiger partial charge in [-0.25, -0.2) is 14.8 Å². The van der Waals surface area contributed by atoms with Crippen LogP contribution in [0, 0.1) is 5.41 Å². The summed E-state index contributed by atoms with van der Waals surface area (Å²) in [7, 11) is 0. The summed E-state index contributed by atoms with van der Waals surface area (Å²) < 4.78 is 0. The highest BCUT2D eigenvalue weighted by Gasteiger charge is 2.41. The Bertz CT molecular complexity index is 517. The van der Waals surface area contributed by atoms with Gasteiger partial charge in [-0.15, -0.1) is 0 Å². The molecule has 20 heavy (non-hydrogen) atoms. The van der Waals surface area contributed by atoms with Gasteiger partial charge in [-0.3, -0.25) is 4.79 Å². The number of aromatic nitrogens is 2. The van der Waals surface area contributed by atoms with Crippen molar-refractivity contribution >= 4 is 17.8 Å². The number of hydrogen-bond acceptors (Lipinski definition) is 5. The van der Waals surface area contributed by atoms with E-state index in [0.29, 0.717) is 31.7 Å². The molecule has 0 bridgehead atoms. The lowest BCUT2D eigenvalue weighted by molar-refractivity contribution is -0.149. The Morgan fingerprint density at radius 1 is 1.35 bits per heavy atom. The normalized spacial score (nSPS) is 22.6. The summed E-state index contributed by atoms with van der Waals surface area (Å²) in [5, 5.41) is 18.2. The second-order valence-electron chi connectivity index (χ2n) is 5.03. The van der Waals surface area contributed by atoms with Crippen LogP contribution in [0.1, 0.15) is 36.7 Å². The van der Waals surface area contributed by atoms with Crippen LogP contribution in [0.25, 0.3) is 0 Å². The van der Waals surface area contributed by atoms with Crippen LogP contribution in [0.15, 0.2) is 12.4 Å². The Hall–Kier alpha value is -2.18. The molecule has 1 atom stereocenters. The predicted octanol–water partition coefficient (Wildman–Crippen LogP) is 1.26. The number of carboxylic acid groups (broad SMARTS) is 2. The lowest BCUT2D eigenvalue weighted by atomic mass is 9.77. The maximum Gasteiger partial charge on any atom is 0.356 e. The maximum atomic E-state index is 11.5. The molecular formula is C13H17N3O4. The van der Waals surface area contributed by atoms with E-state index in [0.717, 1.165) is 6.42 Å². The topological polar surface area (TPSA) is 104 Å². The van der Waals surface area contributed by atoms with Crippen LogP contribution in [0.3, 0.4) is 0 Å². The molecule has 1 aromatic heterocycles. The summed E-state index contributed by atoms with van der Waals surface area (Å²) in [6.45, 7) is 2.95. The van der Waals surface area contributed by atoms with Crippen molar-refractivity contribution < 1.29 is 19.8 Å². The standard InChI is InChI=1S/C13H17N3O4/c1-2-13(12(19)20)4-3-5-16(8-13)10-7-14-9(6-15-10)11(17)18/h6-7H,2-5,8H2,1H3,(H,17,18)(H,19,20)/t13-/m1/s1. The van der Waals surface area contributed by atoms with Crippen molar-refractivity contribution in [3.8, 4) is 0 Å². The number of anilines is 1. The molecule has 0 amide bonds. The average Bonchev–Trinajstić information content (AvgIpc) is 2.47. The lowest BCUT2D eigenvalue weighted by Gasteiger charge is -2.39. The highest BCUT2D eigenvalue weighted by Crippen LogP contribution is 2.35. The molecule has 1 aromatic rings. The zero-order valence-corrected chi connectivity index (χ0v) is 11.2. The van der Waals surface area contributed by atoms with Crippen molar-refractivity contribution in [2.75, 3.05) is 18.0 Å². The maximum absolute atomic E-state index is 11.5. The van der Waals surface area contributed by atoms with Crippen LogP contribution < -0.4 is 4.90 Å². The van der Waals surface area contributed by atoms with Crippen molar-refractivity contribution in [3.63, 3.8) is 0 Å². The SMILES string of the molecule is CC[C@@]1(C(=O)O)CCCN(c2cnc(C(=O)O)cn2)C1. The molecule has 0 aromatic carbocycles. The van der Waals surface area contributed by atoms with Gasteiger partial charge in [0.2, 0.25) is 0 Å². The molecule has 7 nitrogen and oxygen atoms in total. The molecule has 0 spiro atoms. The van der Waals surface area contributed by atoms with Crippen LogP contribution in [0.2, 0.25) is 0 Å². The Morgan fingerprint density at radius 2 is 2.10 bits per heavy atom. The Kier molecular flexibility index (Phi) is 3.87. The van der Waals surface area contributed by atoms with E-state index >= 15 is 0 Å². The van der Waals surface area contributed by atoms with Crippen LogP contribution in [-0.2, 0) is 4.79 Å². The van der Waals surface area contributed by atoms with Crippen molar-refractivity contribution in [1.29, 1.82) is 0 Å². The molecule has 0 saturated carbocycles. The van der Waals surface area contributed by atoms with E-state index < -0.39 is 17.4 Å². The van der Waals surface area contributed by atoms with Gasteiger partial charge in [0.25, 0.3) is 0 Å². The van der Waals surface area contributed by atoms with E-state index in [-0.39, 0.29) is 5.69 Å². The van der Waals surface area contributed by atoms with Crippen LogP contribution in [0.4, 0.5) is 5.82 Å². The van der Waals surface area contributed by atoms with Crippen LogP contribution >= 0.6 is 0 Å². The van der Waals surface area contributed by atoms with Gasteiger partial charge in [-0.05, 0) is 19.3 Å². The lowest BCUT2D eigenvalue weighted by Crippen LogP contribution is -2.48. The first-order valence-corrected chi connectivity index (χ1v) is 6.52. The molecule has 2 rings (SSSR count). The number of rotatable bonds is 4. The fourth-order valence-corrected chi connectivity index (χ4v) is 2.54. The third-order valence-electron chi connectivity index (χ3n) is 3.89. The van der Waals surface area contributed by atoms with E-state index in [1.165, 1.54) is 12.4 Å². The molecule has 2 heterocycles. The minimum Gasteiger partial charge on any atom is -0.481 e. The molecule has 0 radical (unpaired) electrons. The first-order chi connectivity index (χ1) is 9.48. The first-order valence-electron chi connectivity index (χ1n) is 6.52. The fourth-order valence-electron chi connectivity index (χ4n) is 2.54. The molecule has 1 aliphatic heterocycles. The number of aliphatic carboxylic acids is 1. The molecule has 0 unspecified atom stereocenters. The van der Waals surface area contributed by atoms with Crippen molar-refractivity contribution in [1.82, 2.24) is 9.97 Å². The van der Waals surface area contributed by atoms with Gasteiger partial charge in [-0.2, -0.15) is 0 Å². The molecule has 1 aliphatic rings. The van der Waals surface area contributed by atoms with Gasteiger partial charge in [0, 0.05) is 13.1 Å². The second-order valence-corrected chi connectivity index (χ2v) is 5.03. The summed E-state index contributed by atoms with van der Waals surface area (Å²) in [4.78, 5) is 32.0. The molecule has 1 saturated heterocycles. The second kappa shape index (κ2) is 5.44. The summed E-state index contributed by atoms with van der Waals surface area (Å²) >= 11 is 0. The Labute approximate surface area is 116 Å². The van der Waals surface area contributed by atoms with Gasteiger partial charge in [0.05, 0.1) is 17.8 Å². The van der Waals surface area contributed by atoms with E-state index in [1.807, 2.05) is 11.8 Å². The Balaban J connectivity index is 2.20. The van der Waals surface area contributed by atoms with Gasteiger partial charge in [-0.1, -0.05) is 6.92 Å². The van der Waals surface area contributed by atoms with Crippen LogP contribution in [0.5, 0.6) is 0 Å². The highest BCUT2D eigenvalue weighted by atomic mass is 16.4. The summed E-state index contributed by atoms with van der Waals surface area (Å²) in [6.07, 6.45) is 4.55. The Morgan fingerprint density at radius 3 is 2.60 bits per heavy atom. The minimum atomic E-state index is -1.13. The number of carboxylic acids is 2. The predicted molar refractivity (Wildman–Crippen MR) is 70.8 cm³/mol. The zero-order chi connectivity index (χ0) is 14.8. The summed E-state index contributed by atoms with van der Waals surface area (Å²) in [6, 6.07) is 0. The fraction of sp³-hybridized carbons (Fsp3) is 0.538. The monoisotopic (exact) mass is 279 g/mol. The molecule has 2 N–H and O–H groups in total. The number of carbonyl (C=O) groups is 2. The summed E-state index contributed by atoms with van der Waals surface area (Å²) in [5.74, 6) is -1.40. The van der Waals surface area contributed by atoms with Crippen molar-refractivity contribution in [2.45, 2.75) is 26.2 Å². The average molecular weight is 279 g/mol. The molecule has 1 fully saturated rings. The van der Waals surface area contributed by atoms with Crippen LogP contribution in [-0.4, -0.2) is 45.2 Å².